The summed E-state index contributed by atoms with van der Waals surface area (Å²) in [4.78, 5) is 15.3. The summed E-state index contributed by atoms with van der Waals surface area (Å²) in [5.41, 5.74) is 1.93. The average Bonchev–Trinajstić information content (AvgIpc) is 2.77. The summed E-state index contributed by atoms with van der Waals surface area (Å²) in [7, 11) is 0. The van der Waals surface area contributed by atoms with E-state index in [1.807, 2.05) is 19.9 Å². The molecule has 0 aliphatic heterocycles. The van der Waals surface area contributed by atoms with E-state index in [0.29, 0.717) is 6.42 Å². The number of hydrogen-bond donors (Lipinski definition) is 3. The van der Waals surface area contributed by atoms with E-state index in [0.717, 1.165) is 17.6 Å². The molecule has 0 spiro atoms. The molecule has 0 aromatic carbocycles. The Labute approximate surface area is 115 Å². The van der Waals surface area contributed by atoms with Crippen molar-refractivity contribution in [2.45, 2.75) is 26.3 Å². The van der Waals surface area contributed by atoms with Gasteiger partial charge in [-0.3, -0.25) is 10.1 Å². The van der Waals surface area contributed by atoms with Crippen LogP contribution in [0, 0.1) is 12.7 Å². The molecule has 0 saturated carbocycles. The minimum absolute atomic E-state index is 0.0975. The first-order valence-electron chi connectivity index (χ1n) is 6.22. The fourth-order valence-corrected chi connectivity index (χ4v) is 1.80. The van der Waals surface area contributed by atoms with Crippen LogP contribution in [0.2, 0.25) is 0 Å². The van der Waals surface area contributed by atoms with Crippen LogP contribution in [0.5, 0.6) is 0 Å². The first kappa shape index (κ1) is 14.0. The predicted octanol–water partition coefficient (Wildman–Crippen LogP) is 2.00. The zero-order chi connectivity index (χ0) is 14.5. The Kier molecular flexibility index (Phi) is 4.29. The molecule has 0 radical (unpaired) electrons. The largest absolute Gasteiger partial charge is 0.335 e. The second-order valence-corrected chi connectivity index (χ2v) is 4.60. The van der Waals surface area contributed by atoms with E-state index < -0.39 is 11.8 Å². The van der Waals surface area contributed by atoms with Gasteiger partial charge in [-0.2, -0.15) is 5.10 Å². The molecule has 2 amide bonds. The molecule has 1 atom stereocenters. The van der Waals surface area contributed by atoms with Crippen molar-refractivity contribution in [3.63, 3.8) is 0 Å². The number of carbonyl (C=O) groups excluding carboxylic acids is 1. The highest BCUT2D eigenvalue weighted by Crippen LogP contribution is 2.10. The van der Waals surface area contributed by atoms with Crippen molar-refractivity contribution in [1.29, 1.82) is 0 Å². The Morgan fingerprint density at radius 3 is 3.00 bits per heavy atom. The number of halogens is 1. The molecule has 6 nitrogen and oxygen atoms in total. The first-order chi connectivity index (χ1) is 9.54. The van der Waals surface area contributed by atoms with Gasteiger partial charge in [0.15, 0.2) is 5.82 Å². The Morgan fingerprint density at radius 1 is 1.55 bits per heavy atom. The topological polar surface area (TPSA) is 82.7 Å². The number of aromatic nitrogens is 3. The molecule has 3 N–H and O–H groups in total. The molecule has 2 aromatic rings. The number of amides is 2. The number of nitrogens with zero attached hydrogens (tertiary/aromatic N) is 2. The second kappa shape index (κ2) is 6.14. The number of urea groups is 1. The number of aryl methyl sites for hydroxylation is 1. The van der Waals surface area contributed by atoms with E-state index in [-0.39, 0.29) is 11.7 Å². The number of H-pyrrole nitrogens is 1. The molecule has 0 aliphatic carbocycles. The average molecular weight is 277 g/mol. The summed E-state index contributed by atoms with van der Waals surface area (Å²) in [5, 5.41) is 12.1. The van der Waals surface area contributed by atoms with Gasteiger partial charge in [0.25, 0.3) is 0 Å². The van der Waals surface area contributed by atoms with Gasteiger partial charge in [0, 0.05) is 24.4 Å². The molecule has 2 heterocycles. The highest BCUT2D eigenvalue weighted by molar-refractivity contribution is 5.89. The van der Waals surface area contributed by atoms with E-state index in [1.54, 1.807) is 0 Å². The highest BCUT2D eigenvalue weighted by atomic mass is 19.1. The van der Waals surface area contributed by atoms with Crippen molar-refractivity contribution < 1.29 is 9.18 Å². The van der Waals surface area contributed by atoms with Gasteiger partial charge in [0.05, 0.1) is 17.6 Å². The van der Waals surface area contributed by atoms with E-state index in [9.17, 15) is 9.18 Å². The number of carbonyl (C=O) groups is 1. The van der Waals surface area contributed by atoms with Crippen molar-refractivity contribution >= 4 is 11.7 Å². The van der Waals surface area contributed by atoms with Crippen LogP contribution in [0.15, 0.2) is 24.5 Å². The van der Waals surface area contributed by atoms with Gasteiger partial charge in [-0.15, -0.1) is 0 Å². The maximum Gasteiger partial charge on any atom is 0.319 e. The predicted molar refractivity (Wildman–Crippen MR) is 72.8 cm³/mol. The fraction of sp³-hybridized carbons (Fsp3) is 0.308. The minimum Gasteiger partial charge on any atom is -0.335 e. The molecule has 7 heteroatoms. The maximum atomic E-state index is 13.3. The maximum absolute atomic E-state index is 13.3. The summed E-state index contributed by atoms with van der Waals surface area (Å²) < 4.78 is 13.3. The summed E-state index contributed by atoms with van der Waals surface area (Å²) in [5.74, 6) is -0.571. The van der Waals surface area contributed by atoms with Crippen LogP contribution in [-0.2, 0) is 6.42 Å². The van der Waals surface area contributed by atoms with Crippen molar-refractivity contribution in [2.75, 3.05) is 5.32 Å². The zero-order valence-corrected chi connectivity index (χ0v) is 11.3. The van der Waals surface area contributed by atoms with E-state index in [4.69, 9.17) is 0 Å². The van der Waals surface area contributed by atoms with Crippen molar-refractivity contribution in [3.05, 3.63) is 41.7 Å². The lowest BCUT2D eigenvalue weighted by Gasteiger charge is -2.13. The Bertz CT molecular complexity index is 598. The Hall–Kier alpha value is -2.44. The summed E-state index contributed by atoms with van der Waals surface area (Å²) >= 11 is 0. The summed E-state index contributed by atoms with van der Waals surface area (Å²) in [6, 6.07) is 2.73. The van der Waals surface area contributed by atoms with Gasteiger partial charge in [0.2, 0.25) is 0 Å². The minimum atomic E-state index is -0.571. The van der Waals surface area contributed by atoms with E-state index in [2.05, 4.69) is 25.8 Å². The number of rotatable bonds is 4. The molecule has 0 aliphatic rings. The number of pyridine rings is 1. The quantitative estimate of drug-likeness (QED) is 0.799. The van der Waals surface area contributed by atoms with Crippen molar-refractivity contribution in [1.82, 2.24) is 20.5 Å². The molecular formula is C13H16FN5O. The third-order valence-corrected chi connectivity index (χ3v) is 2.67. The third-order valence-electron chi connectivity index (χ3n) is 2.67. The summed E-state index contributed by atoms with van der Waals surface area (Å²) in [6.45, 7) is 3.76. The fourth-order valence-electron chi connectivity index (χ4n) is 1.80. The number of nitrogens with one attached hydrogen (secondary N) is 3. The Morgan fingerprint density at radius 2 is 2.35 bits per heavy atom. The second-order valence-electron chi connectivity index (χ2n) is 4.60. The standard InChI is InChI=1S/C13H16FN5O/c1-8(5-10-6-9(2)18-19-10)16-13(20)17-12-3-4-15-7-11(12)14/h3-4,6-8H,5H2,1-2H3,(H,18,19)(H2,15,16,17,20)/t8-/m0/s1. The van der Waals surface area contributed by atoms with Gasteiger partial charge < -0.3 is 10.6 Å². The van der Waals surface area contributed by atoms with Gasteiger partial charge in [0.1, 0.15) is 0 Å². The van der Waals surface area contributed by atoms with Crippen LogP contribution in [0.25, 0.3) is 0 Å². The number of hydrogen-bond acceptors (Lipinski definition) is 3. The molecular weight excluding hydrogens is 261 g/mol. The molecule has 106 valence electrons. The zero-order valence-electron chi connectivity index (χ0n) is 11.3. The molecule has 0 bridgehead atoms. The van der Waals surface area contributed by atoms with Gasteiger partial charge >= 0.3 is 6.03 Å². The lowest BCUT2D eigenvalue weighted by atomic mass is 10.2. The molecule has 2 rings (SSSR count). The van der Waals surface area contributed by atoms with Crippen LogP contribution in [0.1, 0.15) is 18.3 Å². The lowest BCUT2D eigenvalue weighted by molar-refractivity contribution is 0.249. The lowest BCUT2D eigenvalue weighted by Crippen LogP contribution is -2.37. The highest BCUT2D eigenvalue weighted by Gasteiger charge is 2.11. The van der Waals surface area contributed by atoms with Gasteiger partial charge in [-0.05, 0) is 26.0 Å². The SMILES string of the molecule is Cc1cc(C[C@H](C)NC(=O)Nc2ccncc2F)n[nH]1. The van der Waals surface area contributed by atoms with Crippen LogP contribution < -0.4 is 10.6 Å². The summed E-state index contributed by atoms with van der Waals surface area (Å²) in [6.07, 6.45) is 3.05. The Balaban J connectivity index is 1.86. The molecule has 0 unspecified atom stereocenters. The first-order valence-corrected chi connectivity index (χ1v) is 6.22. The number of aromatic amines is 1. The van der Waals surface area contributed by atoms with E-state index >= 15 is 0 Å². The van der Waals surface area contributed by atoms with Crippen molar-refractivity contribution in [3.8, 4) is 0 Å². The third kappa shape index (κ3) is 3.78. The molecule has 20 heavy (non-hydrogen) atoms. The van der Waals surface area contributed by atoms with E-state index in [1.165, 1.54) is 12.3 Å². The smallest absolute Gasteiger partial charge is 0.319 e. The molecule has 0 saturated heterocycles. The molecule has 2 aromatic heterocycles. The molecule has 0 fully saturated rings. The normalized spacial score (nSPS) is 11.9. The van der Waals surface area contributed by atoms with Crippen LogP contribution in [-0.4, -0.2) is 27.3 Å². The van der Waals surface area contributed by atoms with Crippen LogP contribution >= 0.6 is 0 Å². The van der Waals surface area contributed by atoms with Crippen LogP contribution in [0.4, 0.5) is 14.9 Å². The van der Waals surface area contributed by atoms with Gasteiger partial charge in [-0.25, -0.2) is 9.18 Å². The monoisotopic (exact) mass is 277 g/mol. The van der Waals surface area contributed by atoms with Crippen LogP contribution in [0.3, 0.4) is 0 Å². The van der Waals surface area contributed by atoms with Crippen molar-refractivity contribution in [2.24, 2.45) is 0 Å². The number of anilines is 1. The van der Waals surface area contributed by atoms with Gasteiger partial charge in [-0.1, -0.05) is 0 Å².